The van der Waals surface area contributed by atoms with Crippen molar-refractivity contribution in [1.82, 2.24) is 5.32 Å². The van der Waals surface area contributed by atoms with Crippen molar-refractivity contribution < 1.29 is 9.53 Å². The van der Waals surface area contributed by atoms with Crippen molar-refractivity contribution in [3.05, 3.63) is 29.3 Å². The number of ether oxygens (including phenoxy) is 1. The Bertz CT molecular complexity index is 405. The van der Waals surface area contributed by atoms with E-state index < -0.39 is 0 Å². The van der Waals surface area contributed by atoms with E-state index in [0.717, 1.165) is 11.3 Å². The number of benzene rings is 1. The summed E-state index contributed by atoms with van der Waals surface area (Å²) in [4.78, 5) is 11.9. The number of nitrogens with one attached hydrogen (secondary N) is 2. The van der Waals surface area contributed by atoms with Gasteiger partial charge >= 0.3 is 0 Å². The lowest BCUT2D eigenvalue weighted by molar-refractivity contribution is 0.0934. The lowest BCUT2D eigenvalue weighted by Gasteiger charge is -2.12. The van der Waals surface area contributed by atoms with Gasteiger partial charge in [-0.1, -0.05) is 6.92 Å². The van der Waals surface area contributed by atoms with Crippen molar-refractivity contribution in [1.29, 1.82) is 0 Å². The number of hydrogen-bond acceptors (Lipinski definition) is 3. The van der Waals surface area contributed by atoms with E-state index in [1.807, 2.05) is 39.1 Å². The van der Waals surface area contributed by atoms with Crippen LogP contribution >= 0.6 is 0 Å². The summed E-state index contributed by atoms with van der Waals surface area (Å²) in [5.74, 6) is 0.278. The van der Waals surface area contributed by atoms with E-state index in [1.54, 1.807) is 7.11 Å². The summed E-state index contributed by atoms with van der Waals surface area (Å²) in [6.45, 7) is 5.30. The Morgan fingerprint density at radius 3 is 2.72 bits per heavy atom. The van der Waals surface area contributed by atoms with Gasteiger partial charge in [-0.2, -0.15) is 0 Å². The molecule has 0 fully saturated rings. The fourth-order valence-corrected chi connectivity index (χ4v) is 1.80. The molecule has 0 saturated carbocycles. The molecule has 0 saturated heterocycles. The molecule has 4 heteroatoms. The molecule has 4 nitrogen and oxygen atoms in total. The molecule has 0 radical (unpaired) electrons. The van der Waals surface area contributed by atoms with Crippen molar-refractivity contribution in [2.75, 3.05) is 32.6 Å². The summed E-state index contributed by atoms with van der Waals surface area (Å²) < 4.78 is 5.03. The summed E-state index contributed by atoms with van der Waals surface area (Å²) in [5, 5.41) is 5.99. The number of carbonyl (C=O) groups excluding carboxylic acids is 1. The molecule has 1 atom stereocenters. The second kappa shape index (κ2) is 7.01. The van der Waals surface area contributed by atoms with Crippen molar-refractivity contribution >= 4 is 11.6 Å². The minimum atomic E-state index is -0.0382. The van der Waals surface area contributed by atoms with E-state index in [4.69, 9.17) is 4.74 Å². The van der Waals surface area contributed by atoms with Crippen molar-refractivity contribution in [3.63, 3.8) is 0 Å². The monoisotopic (exact) mass is 250 g/mol. The number of aryl methyl sites for hydroxylation is 1. The molecule has 0 heterocycles. The first-order valence-electron chi connectivity index (χ1n) is 6.14. The highest BCUT2D eigenvalue weighted by Gasteiger charge is 2.09. The van der Waals surface area contributed by atoms with Gasteiger partial charge in [0.1, 0.15) is 0 Å². The molecule has 0 spiro atoms. The topological polar surface area (TPSA) is 50.4 Å². The van der Waals surface area contributed by atoms with Crippen molar-refractivity contribution in [2.24, 2.45) is 5.92 Å². The third-order valence-electron chi connectivity index (χ3n) is 2.82. The molecule has 1 amide bonds. The Hall–Kier alpha value is -1.55. The van der Waals surface area contributed by atoms with Gasteiger partial charge in [-0.15, -0.1) is 0 Å². The molecular formula is C14H22N2O2. The van der Waals surface area contributed by atoms with Gasteiger partial charge in [0, 0.05) is 32.0 Å². The van der Waals surface area contributed by atoms with Crippen molar-refractivity contribution in [2.45, 2.75) is 13.8 Å². The highest BCUT2D eigenvalue weighted by atomic mass is 16.5. The van der Waals surface area contributed by atoms with Crippen LogP contribution < -0.4 is 10.6 Å². The third-order valence-corrected chi connectivity index (χ3v) is 2.82. The zero-order chi connectivity index (χ0) is 13.5. The van der Waals surface area contributed by atoms with Gasteiger partial charge in [-0.05, 0) is 36.6 Å². The van der Waals surface area contributed by atoms with E-state index in [2.05, 4.69) is 10.6 Å². The molecule has 2 N–H and O–H groups in total. The lowest BCUT2D eigenvalue weighted by atomic mass is 10.1. The van der Waals surface area contributed by atoms with Crippen molar-refractivity contribution in [3.8, 4) is 0 Å². The maximum absolute atomic E-state index is 11.9. The van der Waals surface area contributed by atoms with Crippen LogP contribution in [0.2, 0.25) is 0 Å². The molecule has 0 aliphatic heterocycles. The fourth-order valence-electron chi connectivity index (χ4n) is 1.80. The van der Waals surface area contributed by atoms with Crippen LogP contribution in [0.4, 0.5) is 5.69 Å². The lowest BCUT2D eigenvalue weighted by Crippen LogP contribution is -2.29. The standard InChI is InChI=1S/C14H22N2O2/c1-10(9-18-4)8-16-14(17)12-5-6-13(15-3)11(2)7-12/h5-7,10,15H,8-9H2,1-4H3,(H,16,17). The zero-order valence-electron chi connectivity index (χ0n) is 11.5. The van der Waals surface area contributed by atoms with Crippen LogP contribution in [0.25, 0.3) is 0 Å². The zero-order valence-corrected chi connectivity index (χ0v) is 11.5. The fraction of sp³-hybridized carbons (Fsp3) is 0.500. The number of carbonyl (C=O) groups is 1. The normalized spacial score (nSPS) is 12.0. The predicted molar refractivity (Wildman–Crippen MR) is 74.1 cm³/mol. The first-order chi connectivity index (χ1) is 8.58. The quantitative estimate of drug-likeness (QED) is 0.812. The third kappa shape index (κ3) is 4.04. The molecule has 1 aromatic carbocycles. The second-order valence-electron chi connectivity index (χ2n) is 4.55. The Morgan fingerprint density at radius 2 is 2.17 bits per heavy atom. The van der Waals surface area contributed by atoms with Crippen LogP contribution in [-0.4, -0.2) is 33.2 Å². The largest absolute Gasteiger partial charge is 0.388 e. The highest BCUT2D eigenvalue weighted by molar-refractivity contribution is 5.94. The van der Waals surface area contributed by atoms with Gasteiger partial charge in [0.15, 0.2) is 0 Å². The number of methoxy groups -OCH3 is 1. The van der Waals surface area contributed by atoms with Gasteiger partial charge in [-0.3, -0.25) is 4.79 Å². The SMILES string of the molecule is CNc1ccc(C(=O)NCC(C)COC)cc1C. The summed E-state index contributed by atoms with van der Waals surface area (Å²) in [7, 11) is 3.53. The molecule has 100 valence electrons. The Balaban J connectivity index is 2.59. The van der Waals surface area contributed by atoms with E-state index in [-0.39, 0.29) is 5.91 Å². The van der Waals surface area contributed by atoms with E-state index in [9.17, 15) is 4.79 Å². The smallest absolute Gasteiger partial charge is 0.251 e. The molecule has 18 heavy (non-hydrogen) atoms. The molecule has 1 aromatic rings. The van der Waals surface area contributed by atoms with Gasteiger partial charge in [-0.25, -0.2) is 0 Å². The first-order valence-corrected chi connectivity index (χ1v) is 6.14. The number of amides is 1. The molecule has 1 rings (SSSR count). The first kappa shape index (κ1) is 14.5. The van der Waals surface area contributed by atoms with Crippen LogP contribution in [0.15, 0.2) is 18.2 Å². The Labute approximate surface area is 109 Å². The number of hydrogen-bond donors (Lipinski definition) is 2. The molecule has 0 aromatic heterocycles. The van der Waals surface area contributed by atoms with E-state index >= 15 is 0 Å². The van der Waals surface area contributed by atoms with Crippen LogP contribution in [0.1, 0.15) is 22.8 Å². The molecule has 0 aliphatic carbocycles. The molecule has 0 aliphatic rings. The van der Waals surface area contributed by atoms with Crippen LogP contribution in [0, 0.1) is 12.8 Å². The van der Waals surface area contributed by atoms with Gasteiger partial charge < -0.3 is 15.4 Å². The molecule has 0 bridgehead atoms. The second-order valence-corrected chi connectivity index (χ2v) is 4.55. The van der Waals surface area contributed by atoms with Gasteiger partial charge in [0.2, 0.25) is 0 Å². The van der Waals surface area contributed by atoms with Gasteiger partial charge in [0.25, 0.3) is 5.91 Å². The highest BCUT2D eigenvalue weighted by Crippen LogP contribution is 2.15. The Kier molecular flexibility index (Phi) is 5.65. The van der Waals surface area contributed by atoms with Crippen LogP contribution in [-0.2, 0) is 4.74 Å². The van der Waals surface area contributed by atoms with Crippen LogP contribution in [0.3, 0.4) is 0 Å². The minimum Gasteiger partial charge on any atom is -0.388 e. The summed E-state index contributed by atoms with van der Waals surface area (Å²) >= 11 is 0. The van der Waals surface area contributed by atoms with Gasteiger partial charge in [0.05, 0.1) is 6.61 Å². The maximum Gasteiger partial charge on any atom is 0.251 e. The molecule has 1 unspecified atom stereocenters. The number of rotatable bonds is 6. The van der Waals surface area contributed by atoms with E-state index in [1.165, 1.54) is 0 Å². The maximum atomic E-state index is 11.9. The van der Waals surface area contributed by atoms with Crippen LogP contribution in [0.5, 0.6) is 0 Å². The average Bonchev–Trinajstić information content (AvgIpc) is 2.36. The predicted octanol–water partition coefficient (Wildman–Crippen LogP) is 2.05. The summed E-state index contributed by atoms with van der Waals surface area (Å²) in [5.41, 5.74) is 2.80. The molecular weight excluding hydrogens is 228 g/mol. The number of anilines is 1. The summed E-state index contributed by atoms with van der Waals surface area (Å²) in [6, 6.07) is 5.64. The van der Waals surface area contributed by atoms with E-state index in [0.29, 0.717) is 24.6 Å². The summed E-state index contributed by atoms with van der Waals surface area (Å²) in [6.07, 6.45) is 0. The minimum absolute atomic E-state index is 0.0382. The average molecular weight is 250 g/mol. The Morgan fingerprint density at radius 1 is 1.44 bits per heavy atom.